The number of benzene rings is 1. The lowest BCUT2D eigenvalue weighted by molar-refractivity contribution is -0.106. The fourth-order valence-corrected chi connectivity index (χ4v) is 1.25. The van der Waals surface area contributed by atoms with Crippen molar-refractivity contribution in [2.24, 2.45) is 5.73 Å². The minimum atomic E-state index is 0.250. The lowest BCUT2D eigenvalue weighted by Gasteiger charge is -1.89. The van der Waals surface area contributed by atoms with Gasteiger partial charge in [0, 0.05) is 0 Å². The number of nitrogens with two attached hydrogens (primary N) is 1. The number of hydrogen-bond donors (Lipinski definition) is 2. The monoisotopic (exact) mass is 191 g/mol. The minimum Gasteiger partial charge on any atom is -0.372 e. The number of aromatic nitrogens is 2. The minimum absolute atomic E-state index is 0.250. The second-order valence-electron chi connectivity index (χ2n) is 2.98. The van der Waals surface area contributed by atoms with E-state index >= 15 is 0 Å². The average Bonchev–Trinajstić information content (AvgIpc) is 2.45. The molecule has 1 amide bonds. The van der Waals surface area contributed by atoms with Gasteiger partial charge in [0.25, 0.3) is 0 Å². The summed E-state index contributed by atoms with van der Waals surface area (Å²) in [6.07, 6.45) is 0.250. The second-order valence-corrected chi connectivity index (χ2v) is 2.98. The third kappa shape index (κ3) is 2.32. The molecule has 2 aromatic rings. The molecule has 74 valence electrons. The van der Waals surface area contributed by atoms with Crippen molar-refractivity contribution in [3.63, 3.8) is 0 Å². The van der Waals surface area contributed by atoms with E-state index in [4.69, 9.17) is 4.79 Å². The molecule has 0 aliphatic carbocycles. The number of aromatic amines is 1. The zero-order valence-corrected chi connectivity index (χ0v) is 8.24. The molecule has 4 nitrogen and oxygen atoms in total. The van der Waals surface area contributed by atoms with E-state index in [1.165, 1.54) is 5.56 Å². The summed E-state index contributed by atoms with van der Waals surface area (Å²) in [5, 5.41) is 0. The number of nitrogens with zero attached hydrogens (tertiary/aromatic N) is 1. The molecule has 3 N–H and O–H groups in total. The molecule has 2 rings (SSSR count). The van der Waals surface area contributed by atoms with Crippen LogP contribution in [0.3, 0.4) is 0 Å². The van der Waals surface area contributed by atoms with Crippen LogP contribution >= 0.6 is 0 Å². The van der Waals surface area contributed by atoms with Crippen molar-refractivity contribution in [2.75, 3.05) is 0 Å². The highest BCUT2D eigenvalue weighted by molar-refractivity contribution is 5.75. The number of fused-ring (bicyclic) bond motifs is 1. The maximum absolute atomic E-state index is 8.58. The fraction of sp³-hybridized carbons (Fsp3) is 0.200. The van der Waals surface area contributed by atoms with Gasteiger partial charge in [0.05, 0.1) is 11.0 Å². The molecule has 0 aliphatic heterocycles. The Kier molecular flexibility index (Phi) is 3.23. The largest absolute Gasteiger partial charge is 0.372 e. The highest BCUT2D eigenvalue weighted by Crippen LogP contribution is 2.12. The van der Waals surface area contributed by atoms with Crippen LogP contribution < -0.4 is 5.73 Å². The average molecular weight is 191 g/mol. The van der Waals surface area contributed by atoms with Crippen LogP contribution in [0.25, 0.3) is 11.0 Å². The van der Waals surface area contributed by atoms with E-state index in [1.807, 2.05) is 13.0 Å². The van der Waals surface area contributed by atoms with Crippen LogP contribution in [-0.2, 0) is 4.79 Å². The Balaban J connectivity index is 0.000000293. The Morgan fingerprint density at radius 1 is 1.43 bits per heavy atom. The number of imidazole rings is 1. The number of hydrogen-bond acceptors (Lipinski definition) is 2. The maximum atomic E-state index is 8.58. The third-order valence-electron chi connectivity index (χ3n) is 1.76. The van der Waals surface area contributed by atoms with Crippen LogP contribution in [0.15, 0.2) is 18.2 Å². The smallest absolute Gasteiger partial charge is 0.204 e. The summed E-state index contributed by atoms with van der Waals surface area (Å²) in [7, 11) is 0. The van der Waals surface area contributed by atoms with Gasteiger partial charge in [-0.05, 0) is 31.5 Å². The number of carbonyl (C=O) groups excluding carboxylic acids is 1. The van der Waals surface area contributed by atoms with Gasteiger partial charge in [-0.15, -0.1) is 0 Å². The van der Waals surface area contributed by atoms with E-state index in [0.717, 1.165) is 16.9 Å². The van der Waals surface area contributed by atoms with E-state index in [9.17, 15) is 0 Å². The molecular weight excluding hydrogens is 178 g/mol. The molecule has 0 saturated heterocycles. The summed E-state index contributed by atoms with van der Waals surface area (Å²) in [6, 6.07) is 6.21. The quantitative estimate of drug-likeness (QED) is 0.616. The van der Waals surface area contributed by atoms with Crippen molar-refractivity contribution >= 4 is 17.4 Å². The molecule has 0 radical (unpaired) electrons. The fourth-order valence-electron chi connectivity index (χ4n) is 1.25. The summed E-state index contributed by atoms with van der Waals surface area (Å²) >= 11 is 0. The van der Waals surface area contributed by atoms with E-state index < -0.39 is 0 Å². The van der Waals surface area contributed by atoms with Gasteiger partial charge in [0.1, 0.15) is 5.82 Å². The van der Waals surface area contributed by atoms with Crippen LogP contribution in [0, 0.1) is 13.8 Å². The Labute approximate surface area is 82.1 Å². The zero-order valence-electron chi connectivity index (χ0n) is 8.24. The van der Waals surface area contributed by atoms with Crippen molar-refractivity contribution in [1.29, 1.82) is 0 Å². The summed E-state index contributed by atoms with van der Waals surface area (Å²) in [4.78, 5) is 16.1. The molecule has 1 heterocycles. The molecule has 0 bridgehead atoms. The highest BCUT2D eigenvalue weighted by atomic mass is 16.1. The Morgan fingerprint density at radius 3 is 2.71 bits per heavy atom. The molecule has 4 heteroatoms. The van der Waals surface area contributed by atoms with E-state index in [-0.39, 0.29) is 6.41 Å². The third-order valence-corrected chi connectivity index (χ3v) is 1.76. The van der Waals surface area contributed by atoms with E-state index in [1.54, 1.807) is 0 Å². The first kappa shape index (κ1) is 10.2. The van der Waals surface area contributed by atoms with Crippen LogP contribution in [0.1, 0.15) is 11.4 Å². The summed E-state index contributed by atoms with van der Waals surface area (Å²) in [6.45, 7) is 4.05. The Hall–Kier alpha value is -1.84. The number of carbonyl (C=O) groups is 1. The van der Waals surface area contributed by atoms with Gasteiger partial charge < -0.3 is 10.7 Å². The normalized spacial score (nSPS) is 9.29. The van der Waals surface area contributed by atoms with Gasteiger partial charge in [-0.25, -0.2) is 4.98 Å². The van der Waals surface area contributed by atoms with E-state index in [2.05, 4.69) is 34.8 Å². The van der Waals surface area contributed by atoms with Crippen LogP contribution in [-0.4, -0.2) is 16.4 Å². The van der Waals surface area contributed by atoms with Gasteiger partial charge in [-0.1, -0.05) is 6.07 Å². The van der Waals surface area contributed by atoms with Crippen molar-refractivity contribution < 1.29 is 4.79 Å². The van der Waals surface area contributed by atoms with Gasteiger partial charge in [-0.2, -0.15) is 0 Å². The number of amides is 1. The van der Waals surface area contributed by atoms with E-state index in [0.29, 0.717) is 0 Å². The number of primary amides is 1. The van der Waals surface area contributed by atoms with Crippen molar-refractivity contribution in [3.05, 3.63) is 29.6 Å². The standard InChI is InChI=1S/C9H10N2.CH3NO/c1-6-3-4-8-9(5-6)11-7(2)10-8;2-1-3/h3-5H,1-2H3,(H,10,11);1H,(H2,2,3). The molecule has 14 heavy (non-hydrogen) atoms. The van der Waals surface area contributed by atoms with Crippen molar-refractivity contribution in [2.45, 2.75) is 13.8 Å². The first-order valence-electron chi connectivity index (χ1n) is 4.25. The van der Waals surface area contributed by atoms with Crippen molar-refractivity contribution in [3.8, 4) is 0 Å². The summed E-state index contributed by atoms with van der Waals surface area (Å²) < 4.78 is 0. The van der Waals surface area contributed by atoms with Crippen LogP contribution in [0.5, 0.6) is 0 Å². The topological polar surface area (TPSA) is 71.8 Å². The molecular formula is C10H13N3O. The second kappa shape index (κ2) is 4.41. The zero-order chi connectivity index (χ0) is 10.6. The van der Waals surface area contributed by atoms with Gasteiger partial charge in [0.2, 0.25) is 6.41 Å². The molecule has 0 aliphatic rings. The predicted octanol–water partition coefficient (Wildman–Crippen LogP) is 1.28. The number of rotatable bonds is 0. The Morgan fingerprint density at radius 2 is 2.07 bits per heavy atom. The number of aryl methyl sites for hydroxylation is 2. The molecule has 0 saturated carbocycles. The van der Waals surface area contributed by atoms with Gasteiger partial charge in [0.15, 0.2) is 0 Å². The lowest BCUT2D eigenvalue weighted by Crippen LogP contribution is -1.82. The molecule has 0 fully saturated rings. The maximum Gasteiger partial charge on any atom is 0.204 e. The number of H-pyrrole nitrogens is 1. The van der Waals surface area contributed by atoms with Gasteiger partial charge >= 0.3 is 0 Å². The summed E-state index contributed by atoms with van der Waals surface area (Å²) in [5.41, 5.74) is 7.61. The SMILES string of the molecule is Cc1ccc2nc(C)[nH]c2c1.NC=O. The van der Waals surface area contributed by atoms with Crippen molar-refractivity contribution in [1.82, 2.24) is 9.97 Å². The molecule has 0 spiro atoms. The van der Waals surface area contributed by atoms with Gasteiger partial charge in [-0.3, -0.25) is 4.79 Å². The number of nitrogens with one attached hydrogen (secondary N) is 1. The molecule has 1 aromatic carbocycles. The first-order valence-corrected chi connectivity index (χ1v) is 4.25. The molecule has 0 unspecified atom stereocenters. The van der Waals surface area contributed by atoms with Crippen LogP contribution in [0.4, 0.5) is 0 Å². The first-order chi connectivity index (χ1) is 6.67. The molecule has 1 aromatic heterocycles. The predicted molar refractivity (Wildman–Crippen MR) is 55.8 cm³/mol. The van der Waals surface area contributed by atoms with Crippen LogP contribution in [0.2, 0.25) is 0 Å². The molecule has 0 atom stereocenters. The highest BCUT2D eigenvalue weighted by Gasteiger charge is 1.96. The lowest BCUT2D eigenvalue weighted by atomic mass is 10.2. The Bertz CT molecular complexity index is 434. The summed E-state index contributed by atoms with van der Waals surface area (Å²) in [5.74, 6) is 0.977.